The largest absolute Gasteiger partial charge is 0.386 e. The molecular formula is C20H29N5O. The number of nitrogens with zero attached hydrogens (tertiary/aromatic N) is 1. The molecule has 2 aromatic rings. The van der Waals surface area contributed by atoms with Gasteiger partial charge in [0.2, 0.25) is 0 Å². The Morgan fingerprint density at radius 2 is 2.00 bits per heavy atom. The number of ether oxygens (including phenoxy) is 1. The molecule has 0 fully saturated rings. The molecule has 0 bridgehead atoms. The van der Waals surface area contributed by atoms with Gasteiger partial charge in [-0.1, -0.05) is 44.2 Å². The molecule has 6 heteroatoms. The molecule has 26 heavy (non-hydrogen) atoms. The minimum Gasteiger partial charge on any atom is -0.386 e. The van der Waals surface area contributed by atoms with Gasteiger partial charge in [-0.2, -0.15) is 0 Å². The van der Waals surface area contributed by atoms with E-state index >= 15 is 0 Å². The van der Waals surface area contributed by atoms with Crippen LogP contribution in [0.2, 0.25) is 0 Å². The molecule has 1 heterocycles. The summed E-state index contributed by atoms with van der Waals surface area (Å²) in [5, 5.41) is 11.7. The van der Waals surface area contributed by atoms with Crippen LogP contribution in [0.4, 0.5) is 11.5 Å². The second-order valence-electron chi connectivity index (χ2n) is 6.49. The molecule has 6 nitrogen and oxygen atoms in total. The van der Waals surface area contributed by atoms with Crippen molar-refractivity contribution in [2.75, 3.05) is 24.4 Å². The minimum atomic E-state index is 0.299. The maximum atomic E-state index is 8.46. The van der Waals surface area contributed by atoms with Crippen LogP contribution in [0.5, 0.6) is 0 Å². The predicted molar refractivity (Wildman–Crippen MR) is 108 cm³/mol. The normalized spacial score (nSPS) is 10.8. The highest BCUT2D eigenvalue weighted by Gasteiger charge is 2.17. The number of aromatic nitrogens is 1. The Labute approximate surface area is 155 Å². The smallest absolute Gasteiger partial charge is 0.141 e. The van der Waals surface area contributed by atoms with Crippen LogP contribution in [-0.2, 0) is 11.3 Å². The highest BCUT2D eigenvalue weighted by Crippen LogP contribution is 2.29. The Morgan fingerprint density at radius 3 is 2.62 bits per heavy atom. The maximum Gasteiger partial charge on any atom is 0.141 e. The first-order valence-electron chi connectivity index (χ1n) is 8.95. The fourth-order valence-electron chi connectivity index (χ4n) is 2.81. The Kier molecular flexibility index (Phi) is 7.56. The number of hydrazine groups is 1. The van der Waals surface area contributed by atoms with E-state index in [9.17, 15) is 0 Å². The van der Waals surface area contributed by atoms with Crippen LogP contribution in [0.1, 0.15) is 49.4 Å². The molecule has 0 atom stereocenters. The summed E-state index contributed by atoms with van der Waals surface area (Å²) in [6.07, 6.45) is 1.37. The number of hydrogen-bond donors (Lipinski definition) is 4. The quantitative estimate of drug-likeness (QED) is 0.224. The Hall–Kier alpha value is -2.44. The van der Waals surface area contributed by atoms with Crippen molar-refractivity contribution in [1.29, 1.82) is 5.41 Å². The third kappa shape index (κ3) is 5.28. The SMILES string of the molecule is CNc1c(C(C)C)cc(NN)nc1C(=N)CCCOCc1ccccc1. The second-order valence-corrected chi connectivity index (χ2v) is 6.49. The monoisotopic (exact) mass is 355 g/mol. The molecule has 2 rings (SSSR count). The van der Waals surface area contributed by atoms with E-state index in [0.29, 0.717) is 42.8 Å². The molecular weight excluding hydrogens is 326 g/mol. The highest BCUT2D eigenvalue weighted by molar-refractivity contribution is 6.02. The number of nitrogen functional groups attached to an aromatic ring is 1. The first kappa shape index (κ1) is 19.9. The molecule has 0 aliphatic heterocycles. The number of pyridine rings is 1. The molecule has 0 unspecified atom stereocenters. The van der Waals surface area contributed by atoms with Crippen molar-refractivity contribution in [3.05, 3.63) is 53.2 Å². The van der Waals surface area contributed by atoms with E-state index in [4.69, 9.17) is 16.0 Å². The van der Waals surface area contributed by atoms with Gasteiger partial charge in [0, 0.05) is 13.7 Å². The van der Waals surface area contributed by atoms with E-state index in [-0.39, 0.29) is 0 Å². The second kappa shape index (κ2) is 9.89. The number of rotatable bonds is 10. The molecule has 0 saturated heterocycles. The van der Waals surface area contributed by atoms with E-state index in [2.05, 4.69) is 29.6 Å². The number of nitrogens with one attached hydrogen (secondary N) is 3. The molecule has 0 saturated carbocycles. The van der Waals surface area contributed by atoms with E-state index in [1.807, 2.05) is 43.4 Å². The lowest BCUT2D eigenvalue weighted by Gasteiger charge is -2.18. The van der Waals surface area contributed by atoms with Gasteiger partial charge in [0.15, 0.2) is 0 Å². The van der Waals surface area contributed by atoms with Gasteiger partial charge in [-0.25, -0.2) is 10.8 Å². The fourth-order valence-corrected chi connectivity index (χ4v) is 2.81. The van der Waals surface area contributed by atoms with E-state index in [1.165, 1.54) is 0 Å². The van der Waals surface area contributed by atoms with Gasteiger partial charge in [-0.15, -0.1) is 0 Å². The van der Waals surface area contributed by atoms with Gasteiger partial charge >= 0.3 is 0 Å². The number of hydrogen-bond acceptors (Lipinski definition) is 6. The zero-order valence-corrected chi connectivity index (χ0v) is 15.8. The molecule has 0 radical (unpaired) electrons. The van der Waals surface area contributed by atoms with Crippen LogP contribution in [0, 0.1) is 5.41 Å². The van der Waals surface area contributed by atoms with Crippen molar-refractivity contribution >= 4 is 17.2 Å². The molecule has 0 aliphatic carbocycles. The number of nitrogens with two attached hydrogens (primary N) is 1. The van der Waals surface area contributed by atoms with Crippen LogP contribution >= 0.6 is 0 Å². The lowest BCUT2D eigenvalue weighted by atomic mass is 9.98. The van der Waals surface area contributed by atoms with Gasteiger partial charge < -0.3 is 20.9 Å². The van der Waals surface area contributed by atoms with E-state index in [0.717, 1.165) is 23.2 Å². The van der Waals surface area contributed by atoms with Crippen LogP contribution < -0.4 is 16.6 Å². The van der Waals surface area contributed by atoms with Crippen LogP contribution in [-0.4, -0.2) is 24.4 Å². The zero-order chi connectivity index (χ0) is 18.9. The van der Waals surface area contributed by atoms with Gasteiger partial charge in [0.05, 0.1) is 18.0 Å². The average Bonchev–Trinajstić information content (AvgIpc) is 2.67. The van der Waals surface area contributed by atoms with Crippen LogP contribution in [0.3, 0.4) is 0 Å². The zero-order valence-electron chi connectivity index (χ0n) is 15.8. The topological polar surface area (TPSA) is 96.0 Å². The van der Waals surface area contributed by atoms with Crippen molar-refractivity contribution in [3.63, 3.8) is 0 Å². The predicted octanol–water partition coefficient (Wildman–Crippen LogP) is 3.90. The molecule has 0 spiro atoms. The molecule has 1 aromatic carbocycles. The average molecular weight is 355 g/mol. The summed E-state index contributed by atoms with van der Waals surface area (Å²) in [6, 6.07) is 12.0. The van der Waals surface area contributed by atoms with Gasteiger partial charge in [0.1, 0.15) is 11.5 Å². The molecule has 1 aromatic heterocycles. The fraction of sp³-hybridized carbons (Fsp3) is 0.400. The summed E-state index contributed by atoms with van der Waals surface area (Å²) >= 11 is 0. The van der Waals surface area contributed by atoms with Crippen molar-refractivity contribution in [2.24, 2.45) is 5.84 Å². The van der Waals surface area contributed by atoms with Gasteiger partial charge in [0.25, 0.3) is 0 Å². The van der Waals surface area contributed by atoms with Gasteiger partial charge in [-0.05, 0) is 36.0 Å². The third-order valence-corrected chi connectivity index (χ3v) is 4.18. The molecule has 5 N–H and O–H groups in total. The van der Waals surface area contributed by atoms with Gasteiger partial charge in [-0.3, -0.25) is 0 Å². The van der Waals surface area contributed by atoms with E-state index < -0.39 is 0 Å². The minimum absolute atomic E-state index is 0.299. The third-order valence-electron chi connectivity index (χ3n) is 4.18. The molecule has 0 aliphatic rings. The van der Waals surface area contributed by atoms with E-state index in [1.54, 1.807) is 0 Å². The Morgan fingerprint density at radius 1 is 1.27 bits per heavy atom. The van der Waals surface area contributed by atoms with Crippen molar-refractivity contribution in [3.8, 4) is 0 Å². The Balaban J connectivity index is 1.96. The lowest BCUT2D eigenvalue weighted by Crippen LogP contribution is -2.16. The summed E-state index contributed by atoms with van der Waals surface area (Å²) < 4.78 is 5.70. The highest BCUT2D eigenvalue weighted by atomic mass is 16.5. The summed E-state index contributed by atoms with van der Waals surface area (Å²) in [4.78, 5) is 4.49. The summed E-state index contributed by atoms with van der Waals surface area (Å²) in [6.45, 7) is 5.43. The summed E-state index contributed by atoms with van der Waals surface area (Å²) in [5.41, 5.74) is 6.88. The Bertz CT molecular complexity index is 716. The van der Waals surface area contributed by atoms with Crippen molar-refractivity contribution < 1.29 is 4.74 Å². The maximum absolute atomic E-state index is 8.46. The van der Waals surface area contributed by atoms with Crippen molar-refractivity contribution in [2.45, 2.75) is 39.2 Å². The standard InChI is InChI=1S/C20H29N5O/c1-14(2)16-12-18(25-22)24-20(19(16)23-3)17(21)10-7-11-26-13-15-8-5-4-6-9-15/h4-6,8-9,12,14,21,23H,7,10-11,13,22H2,1-3H3,(H,24,25). The van der Waals surface area contributed by atoms with Crippen LogP contribution in [0.15, 0.2) is 36.4 Å². The first-order chi connectivity index (χ1) is 12.6. The van der Waals surface area contributed by atoms with Crippen LogP contribution in [0.25, 0.3) is 0 Å². The molecule has 140 valence electrons. The van der Waals surface area contributed by atoms with Crippen molar-refractivity contribution in [1.82, 2.24) is 4.98 Å². The summed E-state index contributed by atoms with van der Waals surface area (Å²) in [5.74, 6) is 6.43. The lowest BCUT2D eigenvalue weighted by molar-refractivity contribution is 0.120. The number of benzene rings is 1. The summed E-state index contributed by atoms with van der Waals surface area (Å²) in [7, 11) is 1.86. The number of anilines is 2. The first-order valence-corrected chi connectivity index (χ1v) is 8.95. The molecule has 0 amide bonds.